The van der Waals surface area contributed by atoms with Crippen LogP contribution in [0, 0.1) is 0 Å². The molecule has 0 saturated heterocycles. The maximum atomic E-state index is 10.2. The lowest BCUT2D eigenvalue weighted by molar-refractivity contribution is -0.110. The summed E-state index contributed by atoms with van der Waals surface area (Å²) in [7, 11) is 0. The summed E-state index contributed by atoms with van der Waals surface area (Å²) in [6.45, 7) is 0.815. The molecule has 0 saturated carbocycles. The van der Waals surface area contributed by atoms with Gasteiger partial charge in [-0.05, 0) is 18.1 Å². The minimum Gasteiger partial charge on any atom is -0.383 e. The van der Waals surface area contributed by atoms with E-state index >= 15 is 0 Å². The number of benzene rings is 1. The smallest absolute Gasteiger partial charge is 0.207 e. The van der Waals surface area contributed by atoms with Gasteiger partial charge >= 0.3 is 0 Å². The van der Waals surface area contributed by atoms with E-state index in [2.05, 4.69) is 22.8 Å². The zero-order valence-electron chi connectivity index (χ0n) is 7.29. The highest BCUT2D eigenvalue weighted by atomic mass is 16.1. The van der Waals surface area contributed by atoms with Gasteiger partial charge in [-0.15, -0.1) is 0 Å². The van der Waals surface area contributed by atoms with Crippen LogP contribution in [0.1, 0.15) is 5.56 Å². The first-order chi connectivity index (χ1) is 6.40. The lowest BCUT2D eigenvalue weighted by Crippen LogP contribution is -2.39. The van der Waals surface area contributed by atoms with E-state index in [1.807, 2.05) is 12.1 Å². The van der Waals surface area contributed by atoms with Crippen molar-refractivity contribution in [1.82, 2.24) is 5.32 Å². The molecule has 13 heavy (non-hydrogen) atoms. The number of anilines is 1. The van der Waals surface area contributed by atoms with E-state index < -0.39 is 0 Å². The van der Waals surface area contributed by atoms with Crippen LogP contribution in [0.3, 0.4) is 0 Å². The van der Waals surface area contributed by atoms with Crippen molar-refractivity contribution in [3.63, 3.8) is 0 Å². The highest BCUT2D eigenvalue weighted by Gasteiger charge is 2.15. The molecule has 1 aromatic carbocycles. The van der Waals surface area contributed by atoms with Crippen LogP contribution < -0.4 is 10.6 Å². The number of nitrogens with one attached hydrogen (secondary N) is 2. The van der Waals surface area contributed by atoms with Gasteiger partial charge in [0.1, 0.15) is 0 Å². The van der Waals surface area contributed by atoms with E-state index in [1.165, 1.54) is 11.3 Å². The Balaban J connectivity index is 2.15. The van der Waals surface area contributed by atoms with Gasteiger partial charge in [-0.3, -0.25) is 4.79 Å². The third-order valence-electron chi connectivity index (χ3n) is 2.33. The molecule has 0 unspecified atom stereocenters. The first kappa shape index (κ1) is 8.10. The van der Waals surface area contributed by atoms with Crippen molar-refractivity contribution in [2.24, 2.45) is 0 Å². The third-order valence-corrected chi connectivity index (χ3v) is 2.33. The number of para-hydroxylation sites is 1. The van der Waals surface area contributed by atoms with Crippen LogP contribution in [0.5, 0.6) is 0 Å². The molecule has 1 atom stereocenters. The van der Waals surface area contributed by atoms with Gasteiger partial charge in [0.15, 0.2) is 0 Å². The molecule has 3 heteroatoms. The fourth-order valence-corrected chi connectivity index (χ4v) is 1.66. The largest absolute Gasteiger partial charge is 0.383 e. The molecule has 0 aromatic heterocycles. The molecule has 0 radical (unpaired) electrons. The highest BCUT2D eigenvalue weighted by Crippen LogP contribution is 2.20. The molecule has 1 heterocycles. The minimum absolute atomic E-state index is 0.229. The van der Waals surface area contributed by atoms with E-state index in [1.54, 1.807) is 0 Å². The molecule has 68 valence electrons. The molecule has 0 bridgehead atoms. The average Bonchev–Trinajstić information content (AvgIpc) is 2.18. The number of amides is 1. The van der Waals surface area contributed by atoms with Crippen LogP contribution in [0.4, 0.5) is 5.69 Å². The van der Waals surface area contributed by atoms with Crippen LogP contribution in [0.2, 0.25) is 0 Å². The molecule has 2 rings (SSSR count). The molecule has 1 aromatic rings. The van der Waals surface area contributed by atoms with Gasteiger partial charge in [-0.1, -0.05) is 18.2 Å². The maximum absolute atomic E-state index is 10.2. The lowest BCUT2D eigenvalue weighted by atomic mass is 10.00. The summed E-state index contributed by atoms with van der Waals surface area (Å²) in [6, 6.07) is 8.41. The molecule has 0 aliphatic carbocycles. The van der Waals surface area contributed by atoms with Crippen LogP contribution in [0.25, 0.3) is 0 Å². The standard InChI is InChI=1S/C10H12N2O/c13-7-12-9-5-8-3-1-2-4-10(8)11-6-9/h1-4,7,9,11H,5-6H2,(H,12,13)/t9-/m0/s1. The summed E-state index contributed by atoms with van der Waals surface area (Å²) in [6.07, 6.45) is 1.68. The molecular formula is C10H12N2O. The van der Waals surface area contributed by atoms with E-state index in [0.29, 0.717) is 0 Å². The van der Waals surface area contributed by atoms with Crippen molar-refractivity contribution in [3.8, 4) is 0 Å². The van der Waals surface area contributed by atoms with Crippen LogP contribution in [0.15, 0.2) is 24.3 Å². The molecule has 3 nitrogen and oxygen atoms in total. The second kappa shape index (κ2) is 3.47. The lowest BCUT2D eigenvalue weighted by Gasteiger charge is -2.25. The highest BCUT2D eigenvalue weighted by molar-refractivity contribution is 5.55. The van der Waals surface area contributed by atoms with Crippen LogP contribution >= 0.6 is 0 Å². The first-order valence-corrected chi connectivity index (χ1v) is 4.41. The molecule has 1 aliphatic heterocycles. The fraction of sp³-hybridized carbons (Fsp3) is 0.300. The van der Waals surface area contributed by atoms with Crippen molar-refractivity contribution in [2.75, 3.05) is 11.9 Å². The second-order valence-corrected chi connectivity index (χ2v) is 3.22. The van der Waals surface area contributed by atoms with E-state index in [0.717, 1.165) is 19.4 Å². The monoisotopic (exact) mass is 176 g/mol. The predicted octanol–water partition coefficient (Wildman–Crippen LogP) is 0.769. The number of fused-ring (bicyclic) bond motifs is 1. The zero-order chi connectivity index (χ0) is 9.10. The van der Waals surface area contributed by atoms with Crippen LogP contribution in [-0.4, -0.2) is 19.0 Å². The molecule has 0 fully saturated rings. The number of hydrogen-bond acceptors (Lipinski definition) is 2. The first-order valence-electron chi connectivity index (χ1n) is 4.41. The third kappa shape index (κ3) is 1.64. The molecule has 1 amide bonds. The Kier molecular flexibility index (Phi) is 2.17. The number of hydrogen-bond donors (Lipinski definition) is 2. The van der Waals surface area contributed by atoms with Crippen LogP contribution in [-0.2, 0) is 11.2 Å². The Bertz CT molecular complexity index is 312. The number of carbonyl (C=O) groups excluding carboxylic acids is 1. The fourth-order valence-electron chi connectivity index (χ4n) is 1.66. The van der Waals surface area contributed by atoms with Crippen molar-refractivity contribution >= 4 is 12.1 Å². The summed E-state index contributed by atoms with van der Waals surface area (Å²) in [4.78, 5) is 10.2. The topological polar surface area (TPSA) is 41.1 Å². The van der Waals surface area contributed by atoms with E-state index in [4.69, 9.17) is 0 Å². The van der Waals surface area contributed by atoms with Gasteiger partial charge in [-0.25, -0.2) is 0 Å². The minimum atomic E-state index is 0.229. The molecule has 0 spiro atoms. The maximum Gasteiger partial charge on any atom is 0.207 e. The Labute approximate surface area is 77.1 Å². The van der Waals surface area contributed by atoms with Gasteiger partial charge in [0.05, 0.1) is 0 Å². The Morgan fingerprint density at radius 1 is 1.46 bits per heavy atom. The summed E-state index contributed by atoms with van der Waals surface area (Å²) < 4.78 is 0. The van der Waals surface area contributed by atoms with Gasteiger partial charge in [0.2, 0.25) is 6.41 Å². The quantitative estimate of drug-likeness (QED) is 0.653. The Morgan fingerprint density at radius 3 is 3.15 bits per heavy atom. The van der Waals surface area contributed by atoms with Gasteiger partial charge in [-0.2, -0.15) is 0 Å². The van der Waals surface area contributed by atoms with Gasteiger partial charge in [0.25, 0.3) is 0 Å². The second-order valence-electron chi connectivity index (χ2n) is 3.22. The summed E-state index contributed by atoms with van der Waals surface area (Å²) in [5.74, 6) is 0. The summed E-state index contributed by atoms with van der Waals surface area (Å²) in [5, 5.41) is 6.06. The normalized spacial score (nSPS) is 19.8. The molecule has 2 N–H and O–H groups in total. The van der Waals surface area contributed by atoms with Gasteiger partial charge < -0.3 is 10.6 Å². The van der Waals surface area contributed by atoms with Gasteiger partial charge in [0, 0.05) is 18.3 Å². The molecular weight excluding hydrogens is 164 g/mol. The van der Waals surface area contributed by atoms with Crippen molar-refractivity contribution in [3.05, 3.63) is 29.8 Å². The zero-order valence-corrected chi connectivity index (χ0v) is 7.29. The summed E-state index contributed by atoms with van der Waals surface area (Å²) in [5.41, 5.74) is 2.46. The van der Waals surface area contributed by atoms with Crippen molar-refractivity contribution in [1.29, 1.82) is 0 Å². The predicted molar refractivity (Wildman–Crippen MR) is 51.6 cm³/mol. The average molecular weight is 176 g/mol. The van der Waals surface area contributed by atoms with Crippen molar-refractivity contribution < 1.29 is 4.79 Å². The van der Waals surface area contributed by atoms with E-state index in [-0.39, 0.29) is 6.04 Å². The SMILES string of the molecule is O=CN[C@@H]1CNc2ccccc2C1. The van der Waals surface area contributed by atoms with E-state index in [9.17, 15) is 4.79 Å². The number of carbonyl (C=O) groups is 1. The van der Waals surface area contributed by atoms with Crippen molar-refractivity contribution in [2.45, 2.75) is 12.5 Å². The Hall–Kier alpha value is -1.51. The molecule has 1 aliphatic rings. The number of rotatable bonds is 2. The summed E-state index contributed by atoms with van der Waals surface area (Å²) >= 11 is 0. The Morgan fingerprint density at radius 2 is 2.31 bits per heavy atom.